The SMILES string of the molecule is COc1cc(CNS(=O)(=O)c2cccc(Cl)c2F)nc(-c2ccccn2)c1. The van der Waals surface area contributed by atoms with Crippen LogP contribution in [0.4, 0.5) is 4.39 Å². The van der Waals surface area contributed by atoms with Crippen LogP contribution in [0.3, 0.4) is 0 Å². The van der Waals surface area contributed by atoms with Gasteiger partial charge in [0.15, 0.2) is 5.82 Å². The van der Waals surface area contributed by atoms with E-state index in [0.717, 1.165) is 6.07 Å². The first-order chi connectivity index (χ1) is 12.9. The summed E-state index contributed by atoms with van der Waals surface area (Å²) < 4.78 is 46.4. The number of benzene rings is 1. The van der Waals surface area contributed by atoms with Gasteiger partial charge in [-0.3, -0.25) is 4.98 Å². The van der Waals surface area contributed by atoms with Crippen molar-refractivity contribution >= 4 is 21.6 Å². The van der Waals surface area contributed by atoms with Gasteiger partial charge in [-0.15, -0.1) is 0 Å². The Kier molecular flexibility index (Phi) is 5.69. The molecule has 0 aliphatic heterocycles. The molecule has 2 aromatic heterocycles. The van der Waals surface area contributed by atoms with Gasteiger partial charge in [-0.25, -0.2) is 22.5 Å². The highest BCUT2D eigenvalue weighted by atomic mass is 35.5. The Morgan fingerprint density at radius 2 is 1.96 bits per heavy atom. The molecule has 0 bridgehead atoms. The van der Waals surface area contributed by atoms with Crippen molar-refractivity contribution in [2.75, 3.05) is 7.11 Å². The molecule has 0 aliphatic rings. The number of hydrogen-bond acceptors (Lipinski definition) is 5. The molecule has 3 rings (SSSR count). The third-order valence-corrected chi connectivity index (χ3v) is 5.37. The van der Waals surface area contributed by atoms with Gasteiger partial charge >= 0.3 is 0 Å². The fourth-order valence-electron chi connectivity index (χ4n) is 2.35. The number of rotatable bonds is 6. The first-order valence-corrected chi connectivity index (χ1v) is 9.67. The molecular weight excluding hydrogens is 393 g/mol. The molecule has 0 fully saturated rings. The van der Waals surface area contributed by atoms with Crippen molar-refractivity contribution in [2.45, 2.75) is 11.4 Å². The Bertz CT molecular complexity index is 1060. The highest BCUT2D eigenvalue weighted by molar-refractivity contribution is 7.89. The Hall–Kier alpha value is -2.55. The van der Waals surface area contributed by atoms with Crippen molar-refractivity contribution < 1.29 is 17.5 Å². The summed E-state index contributed by atoms with van der Waals surface area (Å²) in [7, 11) is -2.62. The van der Waals surface area contributed by atoms with Crippen LogP contribution in [0.1, 0.15) is 5.69 Å². The van der Waals surface area contributed by atoms with Gasteiger partial charge in [-0.05, 0) is 24.3 Å². The van der Waals surface area contributed by atoms with Crippen LogP contribution < -0.4 is 9.46 Å². The number of pyridine rings is 2. The predicted molar refractivity (Wildman–Crippen MR) is 99.5 cm³/mol. The van der Waals surface area contributed by atoms with Gasteiger partial charge in [0.05, 0.1) is 35.8 Å². The molecule has 0 atom stereocenters. The number of hydrogen-bond donors (Lipinski definition) is 1. The van der Waals surface area contributed by atoms with E-state index in [1.165, 1.54) is 19.2 Å². The molecule has 3 aromatic rings. The number of halogens is 2. The lowest BCUT2D eigenvalue weighted by molar-refractivity contribution is 0.413. The van der Waals surface area contributed by atoms with E-state index < -0.39 is 20.7 Å². The summed E-state index contributed by atoms with van der Waals surface area (Å²) in [5.74, 6) is -0.506. The molecule has 6 nitrogen and oxygen atoms in total. The number of sulfonamides is 1. The normalized spacial score (nSPS) is 11.4. The van der Waals surface area contributed by atoms with Crippen molar-refractivity contribution in [3.05, 3.63) is 71.3 Å². The second kappa shape index (κ2) is 7.99. The molecule has 9 heteroatoms. The molecule has 27 heavy (non-hydrogen) atoms. The van der Waals surface area contributed by atoms with E-state index in [1.807, 2.05) is 6.07 Å². The molecule has 0 radical (unpaired) electrons. The lowest BCUT2D eigenvalue weighted by atomic mass is 10.2. The van der Waals surface area contributed by atoms with E-state index in [9.17, 15) is 12.8 Å². The van der Waals surface area contributed by atoms with E-state index in [4.69, 9.17) is 16.3 Å². The smallest absolute Gasteiger partial charge is 0.243 e. The summed E-state index contributed by atoms with van der Waals surface area (Å²) in [6, 6.07) is 12.4. The van der Waals surface area contributed by atoms with Gasteiger partial charge in [0, 0.05) is 18.3 Å². The third kappa shape index (κ3) is 4.41. The summed E-state index contributed by atoms with van der Waals surface area (Å²) in [5.41, 5.74) is 1.53. The first-order valence-electron chi connectivity index (χ1n) is 7.81. The topological polar surface area (TPSA) is 81.2 Å². The Morgan fingerprint density at radius 1 is 1.15 bits per heavy atom. The second-order valence-corrected chi connectivity index (χ2v) is 7.62. The number of methoxy groups -OCH3 is 1. The zero-order valence-electron chi connectivity index (χ0n) is 14.2. The third-order valence-electron chi connectivity index (χ3n) is 3.66. The zero-order chi connectivity index (χ0) is 19.4. The monoisotopic (exact) mass is 407 g/mol. The summed E-state index contributed by atoms with van der Waals surface area (Å²) in [6.45, 7) is -0.161. The van der Waals surface area contributed by atoms with Crippen LogP contribution in [-0.2, 0) is 16.6 Å². The summed E-state index contributed by atoms with van der Waals surface area (Å²) in [4.78, 5) is 8.10. The van der Waals surface area contributed by atoms with Crippen molar-refractivity contribution in [2.24, 2.45) is 0 Å². The molecule has 0 aliphatic carbocycles. The van der Waals surface area contributed by atoms with Crippen LogP contribution in [0.25, 0.3) is 11.4 Å². The number of nitrogens with zero attached hydrogens (tertiary/aromatic N) is 2. The lowest BCUT2D eigenvalue weighted by Crippen LogP contribution is -2.24. The minimum Gasteiger partial charge on any atom is -0.497 e. The maximum atomic E-state index is 14.0. The number of aromatic nitrogens is 2. The zero-order valence-corrected chi connectivity index (χ0v) is 15.8. The van der Waals surface area contributed by atoms with Crippen LogP contribution in [0, 0.1) is 5.82 Å². The lowest BCUT2D eigenvalue weighted by Gasteiger charge is -2.10. The molecule has 1 aromatic carbocycles. The summed E-state index contributed by atoms with van der Waals surface area (Å²) >= 11 is 5.66. The predicted octanol–water partition coefficient (Wildman–Crippen LogP) is 3.42. The maximum Gasteiger partial charge on any atom is 0.243 e. The molecule has 0 saturated heterocycles. The van der Waals surface area contributed by atoms with E-state index in [1.54, 1.807) is 30.5 Å². The van der Waals surface area contributed by atoms with E-state index >= 15 is 0 Å². The van der Waals surface area contributed by atoms with Crippen molar-refractivity contribution in [1.29, 1.82) is 0 Å². The van der Waals surface area contributed by atoms with Gasteiger partial charge in [0.25, 0.3) is 0 Å². The average molecular weight is 408 g/mol. The molecule has 0 unspecified atom stereocenters. The summed E-state index contributed by atoms with van der Waals surface area (Å²) in [5, 5.41) is -0.269. The molecule has 2 heterocycles. The minimum atomic E-state index is -4.11. The molecule has 0 amide bonds. The van der Waals surface area contributed by atoms with E-state index in [2.05, 4.69) is 14.7 Å². The fraction of sp³-hybridized carbons (Fsp3) is 0.111. The molecule has 140 valence electrons. The maximum absolute atomic E-state index is 14.0. The van der Waals surface area contributed by atoms with Gasteiger partial charge in [0.2, 0.25) is 10.0 Å². The minimum absolute atomic E-state index is 0.161. The van der Waals surface area contributed by atoms with E-state index in [-0.39, 0.29) is 11.6 Å². The quantitative estimate of drug-likeness (QED) is 0.677. The van der Waals surface area contributed by atoms with Crippen LogP contribution >= 0.6 is 11.6 Å². The standard InChI is InChI=1S/C18H15ClFN3O3S/c1-26-13-9-12(23-16(10-13)15-6-2-3-8-21-15)11-22-27(24,25)17-7-4-5-14(19)18(17)20/h2-10,22H,11H2,1H3. The van der Waals surface area contributed by atoms with Crippen molar-refractivity contribution in [3.63, 3.8) is 0 Å². The van der Waals surface area contributed by atoms with Crippen LogP contribution in [0.2, 0.25) is 5.02 Å². The molecular formula is C18H15ClFN3O3S. The van der Waals surface area contributed by atoms with Gasteiger partial charge in [-0.2, -0.15) is 0 Å². The Morgan fingerprint density at radius 3 is 2.67 bits per heavy atom. The Labute approximate surface area is 161 Å². The molecule has 1 N–H and O–H groups in total. The average Bonchev–Trinajstić information content (AvgIpc) is 2.69. The first kappa shape index (κ1) is 19.2. The van der Waals surface area contributed by atoms with E-state index in [0.29, 0.717) is 22.8 Å². The molecule has 0 spiro atoms. The highest BCUT2D eigenvalue weighted by Crippen LogP contribution is 2.23. The number of ether oxygens (including phenoxy) is 1. The number of nitrogens with one attached hydrogen (secondary N) is 1. The van der Waals surface area contributed by atoms with Gasteiger partial charge in [-0.1, -0.05) is 23.7 Å². The van der Waals surface area contributed by atoms with Crippen LogP contribution in [0.5, 0.6) is 5.75 Å². The van der Waals surface area contributed by atoms with Crippen molar-refractivity contribution in [3.8, 4) is 17.1 Å². The fourth-order valence-corrected chi connectivity index (χ4v) is 3.68. The van der Waals surface area contributed by atoms with Gasteiger partial charge < -0.3 is 4.74 Å². The second-order valence-electron chi connectivity index (χ2n) is 5.48. The van der Waals surface area contributed by atoms with Gasteiger partial charge in [0.1, 0.15) is 10.6 Å². The summed E-state index contributed by atoms with van der Waals surface area (Å²) in [6.07, 6.45) is 1.63. The van der Waals surface area contributed by atoms with Crippen LogP contribution in [-0.4, -0.2) is 25.5 Å². The van der Waals surface area contributed by atoms with Crippen molar-refractivity contribution in [1.82, 2.24) is 14.7 Å². The van der Waals surface area contributed by atoms with Crippen LogP contribution in [0.15, 0.2) is 59.6 Å². The Balaban J connectivity index is 1.88. The molecule has 0 saturated carbocycles. The highest BCUT2D eigenvalue weighted by Gasteiger charge is 2.21. The largest absolute Gasteiger partial charge is 0.497 e.